The van der Waals surface area contributed by atoms with Crippen LogP contribution in [0.15, 0.2) is 58.8 Å². The Hall–Kier alpha value is -3.41. The van der Waals surface area contributed by atoms with Crippen molar-refractivity contribution in [2.24, 2.45) is 10.2 Å². The number of amides is 1. The van der Waals surface area contributed by atoms with Crippen molar-refractivity contribution in [1.82, 2.24) is 4.90 Å². The van der Waals surface area contributed by atoms with Crippen molar-refractivity contribution in [3.8, 4) is 11.5 Å². The monoisotopic (exact) mass is 826 g/mol. The van der Waals surface area contributed by atoms with Gasteiger partial charge in [0.25, 0.3) is 5.91 Å². The molecule has 0 unspecified atom stereocenters. The number of unbranched alkanes of at least 4 members (excludes halogenated alkanes) is 30. The first-order chi connectivity index (χ1) is 29.5. The average molecular weight is 826 g/mol. The predicted octanol–water partition coefficient (Wildman–Crippen LogP) is 17.9. The van der Waals surface area contributed by atoms with Crippen molar-refractivity contribution in [2.75, 3.05) is 13.1 Å². The zero-order chi connectivity index (χ0) is 42.9. The summed E-state index contributed by atoms with van der Waals surface area (Å²) in [6.07, 6.45) is 42.2. The summed E-state index contributed by atoms with van der Waals surface area (Å²) in [5.41, 5.74) is 2.10. The van der Waals surface area contributed by atoms with Gasteiger partial charge >= 0.3 is 0 Å². The Morgan fingerprint density at radius 1 is 0.467 bits per heavy atom. The van der Waals surface area contributed by atoms with Gasteiger partial charge in [-0.05, 0) is 43.5 Å². The summed E-state index contributed by atoms with van der Waals surface area (Å²) in [5.74, 6) is -0.0977. The van der Waals surface area contributed by atoms with Crippen LogP contribution in [0, 0.1) is 6.92 Å². The molecule has 3 aromatic carbocycles. The molecule has 0 atom stereocenters. The number of hydrogen-bond donors (Lipinski definition) is 2. The number of nitrogens with zero attached hydrogens (tertiary/aromatic N) is 3. The molecule has 3 aromatic rings. The van der Waals surface area contributed by atoms with Gasteiger partial charge in [-0.25, -0.2) is 0 Å². The summed E-state index contributed by atoms with van der Waals surface area (Å²) in [7, 11) is 0. The van der Waals surface area contributed by atoms with Crippen LogP contribution in [-0.4, -0.2) is 34.1 Å². The fourth-order valence-electron chi connectivity index (χ4n) is 8.59. The van der Waals surface area contributed by atoms with Gasteiger partial charge in [-0.2, -0.15) is 0 Å². The summed E-state index contributed by atoms with van der Waals surface area (Å²) in [4.78, 5) is 16.3. The fourth-order valence-corrected chi connectivity index (χ4v) is 8.59. The van der Waals surface area contributed by atoms with E-state index < -0.39 is 0 Å². The summed E-state index contributed by atoms with van der Waals surface area (Å²) in [6.45, 7) is 7.90. The minimum Gasteiger partial charge on any atom is -0.506 e. The van der Waals surface area contributed by atoms with Crippen molar-refractivity contribution in [3.05, 3.63) is 59.7 Å². The third-order valence-electron chi connectivity index (χ3n) is 12.5. The third-order valence-corrected chi connectivity index (χ3v) is 12.5. The molecule has 0 aliphatic carbocycles. The van der Waals surface area contributed by atoms with Gasteiger partial charge in [0.15, 0.2) is 0 Å². The second-order valence-corrected chi connectivity index (χ2v) is 17.9. The number of aryl methyl sites for hydroxylation is 1. The molecule has 0 saturated heterocycles. The third kappa shape index (κ3) is 21.4. The van der Waals surface area contributed by atoms with Crippen LogP contribution in [0.1, 0.15) is 235 Å². The summed E-state index contributed by atoms with van der Waals surface area (Å²) in [5, 5.41) is 32.1. The number of benzene rings is 3. The van der Waals surface area contributed by atoms with Crippen LogP contribution in [0.5, 0.6) is 11.5 Å². The van der Waals surface area contributed by atoms with Crippen LogP contribution in [-0.2, 0) is 0 Å². The second kappa shape index (κ2) is 33.2. The quantitative estimate of drug-likeness (QED) is 0.0448. The smallest absolute Gasteiger partial charge is 0.257 e. The lowest BCUT2D eigenvalue weighted by Gasteiger charge is -2.24. The van der Waals surface area contributed by atoms with E-state index in [9.17, 15) is 15.0 Å². The number of azo groups is 1. The van der Waals surface area contributed by atoms with Gasteiger partial charge < -0.3 is 15.1 Å². The number of rotatable bonds is 37. The number of carbonyl (C=O) groups excluding carboxylic acids is 1. The Balaban J connectivity index is 1.49. The molecule has 1 amide bonds. The molecule has 0 fully saturated rings. The second-order valence-electron chi connectivity index (χ2n) is 17.9. The normalized spacial score (nSPS) is 11.7. The van der Waals surface area contributed by atoms with Gasteiger partial charge in [0.2, 0.25) is 0 Å². The average Bonchev–Trinajstić information content (AvgIpc) is 3.26. The van der Waals surface area contributed by atoms with Crippen molar-refractivity contribution < 1.29 is 15.0 Å². The van der Waals surface area contributed by atoms with Crippen LogP contribution in [0.25, 0.3) is 10.8 Å². The van der Waals surface area contributed by atoms with E-state index in [4.69, 9.17) is 0 Å². The molecule has 0 aliphatic heterocycles. The molecule has 2 N–H and O–H groups in total. The molecule has 0 bridgehead atoms. The zero-order valence-corrected chi connectivity index (χ0v) is 38.8. The highest BCUT2D eigenvalue weighted by Crippen LogP contribution is 2.38. The standard InChI is InChI=1S/C54H87N3O3/c1-4-6-8-10-12-14-16-18-20-22-24-26-28-30-32-36-42-57(43-37-33-31-29-27-25-23-21-19-17-15-13-11-9-7-5-2)54(60)49-45-50(47-38-34-35-39-48(47)53(49)59)55-56-51-44-46(3)40-41-52(51)58/h34-35,38-41,44-45,58-59H,4-33,36-37,42-43H2,1-3H3. The highest BCUT2D eigenvalue weighted by molar-refractivity contribution is 6.07. The molecule has 6 nitrogen and oxygen atoms in total. The largest absolute Gasteiger partial charge is 0.506 e. The summed E-state index contributed by atoms with van der Waals surface area (Å²) >= 11 is 0. The maximum absolute atomic E-state index is 14.4. The van der Waals surface area contributed by atoms with E-state index in [2.05, 4.69) is 24.1 Å². The molecule has 0 heterocycles. The number of phenols is 2. The minimum atomic E-state index is -0.143. The molecule has 60 heavy (non-hydrogen) atoms. The van der Waals surface area contributed by atoms with E-state index >= 15 is 0 Å². The van der Waals surface area contributed by atoms with Gasteiger partial charge in [-0.1, -0.05) is 237 Å². The number of hydrogen-bond acceptors (Lipinski definition) is 5. The van der Waals surface area contributed by atoms with E-state index in [-0.39, 0.29) is 23.0 Å². The van der Waals surface area contributed by atoms with Gasteiger partial charge in [0.1, 0.15) is 17.2 Å². The fraction of sp³-hybridized carbons (Fsp3) is 0.685. The Labute approximate surface area is 367 Å². The number of aromatic hydroxyl groups is 2. The molecule has 0 radical (unpaired) electrons. The molecule has 0 aromatic heterocycles. The van der Waals surface area contributed by atoms with E-state index in [0.717, 1.165) is 31.2 Å². The van der Waals surface area contributed by atoms with Crippen molar-refractivity contribution >= 4 is 28.1 Å². The number of fused-ring (bicyclic) bond motifs is 1. The highest BCUT2D eigenvalue weighted by Gasteiger charge is 2.22. The Morgan fingerprint density at radius 3 is 1.25 bits per heavy atom. The number of carbonyl (C=O) groups is 1. The summed E-state index contributed by atoms with van der Waals surface area (Å²) in [6, 6.07) is 14.4. The lowest BCUT2D eigenvalue weighted by Crippen LogP contribution is -2.33. The topological polar surface area (TPSA) is 85.5 Å². The maximum Gasteiger partial charge on any atom is 0.257 e. The molecule has 336 valence electrons. The molecular formula is C54H87N3O3. The van der Waals surface area contributed by atoms with Crippen LogP contribution in [0.2, 0.25) is 0 Å². The van der Waals surface area contributed by atoms with Gasteiger partial charge in [-0.15, -0.1) is 10.2 Å². The molecule has 0 saturated carbocycles. The predicted molar refractivity (Wildman–Crippen MR) is 258 cm³/mol. The highest BCUT2D eigenvalue weighted by atomic mass is 16.3. The zero-order valence-electron chi connectivity index (χ0n) is 38.8. The van der Waals surface area contributed by atoms with E-state index in [1.807, 2.05) is 42.2 Å². The van der Waals surface area contributed by atoms with Crippen LogP contribution < -0.4 is 0 Å². The Morgan fingerprint density at radius 2 is 0.833 bits per heavy atom. The SMILES string of the molecule is CCCCCCCCCCCCCCCCCCN(CCCCCCCCCCCCCCCCCC)C(=O)c1cc(N=Nc2cc(C)ccc2O)c2ccccc2c1O. The molecule has 3 rings (SSSR count). The van der Waals surface area contributed by atoms with Crippen LogP contribution in [0.4, 0.5) is 11.4 Å². The van der Waals surface area contributed by atoms with E-state index in [0.29, 0.717) is 35.2 Å². The van der Waals surface area contributed by atoms with Crippen LogP contribution >= 0.6 is 0 Å². The first-order valence-corrected chi connectivity index (χ1v) is 25.2. The van der Waals surface area contributed by atoms with Gasteiger partial charge in [0, 0.05) is 23.9 Å². The first-order valence-electron chi connectivity index (χ1n) is 25.2. The number of phenolic OH excluding ortho intramolecular Hbond substituents is 2. The van der Waals surface area contributed by atoms with Crippen molar-refractivity contribution in [2.45, 2.75) is 226 Å². The minimum absolute atomic E-state index is 0.00287. The van der Waals surface area contributed by atoms with Gasteiger partial charge in [0.05, 0.1) is 11.3 Å². The molecule has 6 heteroatoms. The lowest BCUT2D eigenvalue weighted by atomic mass is 10.0. The lowest BCUT2D eigenvalue weighted by molar-refractivity contribution is 0.0746. The molecule has 0 aliphatic rings. The van der Waals surface area contributed by atoms with Crippen LogP contribution in [0.3, 0.4) is 0 Å². The van der Waals surface area contributed by atoms with Gasteiger partial charge in [-0.3, -0.25) is 4.79 Å². The first kappa shape index (κ1) is 50.9. The molecular weight excluding hydrogens is 739 g/mol. The summed E-state index contributed by atoms with van der Waals surface area (Å²) < 4.78 is 0. The maximum atomic E-state index is 14.4. The van der Waals surface area contributed by atoms with Crippen molar-refractivity contribution in [3.63, 3.8) is 0 Å². The Bertz CT molecular complexity index is 1550. The Kier molecular flexibility index (Phi) is 28.2. The van der Waals surface area contributed by atoms with Crippen molar-refractivity contribution in [1.29, 1.82) is 0 Å². The van der Waals surface area contributed by atoms with E-state index in [1.165, 1.54) is 180 Å². The molecule has 0 spiro atoms. The van der Waals surface area contributed by atoms with E-state index in [1.54, 1.807) is 18.2 Å².